The zero-order valence-electron chi connectivity index (χ0n) is 18.8. The van der Waals surface area contributed by atoms with Crippen molar-refractivity contribution in [3.63, 3.8) is 0 Å². The number of anilines is 1. The first kappa shape index (κ1) is 22.8. The monoisotopic (exact) mass is 455 g/mol. The van der Waals surface area contributed by atoms with Crippen LogP contribution in [-0.4, -0.2) is 50.9 Å². The molecule has 1 N–H and O–H groups in total. The summed E-state index contributed by atoms with van der Waals surface area (Å²) in [7, 11) is -3.63. The van der Waals surface area contributed by atoms with Gasteiger partial charge in [-0.15, -0.1) is 0 Å². The molecule has 6 nitrogen and oxygen atoms in total. The van der Waals surface area contributed by atoms with E-state index in [4.69, 9.17) is 0 Å². The summed E-state index contributed by atoms with van der Waals surface area (Å²) in [6.07, 6.45) is 5.59. The van der Waals surface area contributed by atoms with Crippen LogP contribution >= 0.6 is 0 Å². The number of rotatable bonds is 8. The van der Waals surface area contributed by atoms with E-state index >= 15 is 0 Å². The Kier molecular flexibility index (Phi) is 7.16. The molecule has 2 saturated heterocycles. The summed E-state index contributed by atoms with van der Waals surface area (Å²) in [4.78, 5) is 15.4. The second-order valence-corrected chi connectivity index (χ2v) is 10.8. The lowest BCUT2D eigenvalue weighted by Gasteiger charge is -2.25. The maximum atomic E-state index is 13.4. The zero-order valence-corrected chi connectivity index (χ0v) is 19.6. The van der Waals surface area contributed by atoms with Crippen molar-refractivity contribution in [2.75, 3.05) is 31.1 Å². The molecule has 2 aromatic rings. The fourth-order valence-electron chi connectivity index (χ4n) is 4.56. The Bertz CT molecular complexity index is 1030. The van der Waals surface area contributed by atoms with Crippen LogP contribution in [0.4, 0.5) is 5.69 Å². The molecule has 2 heterocycles. The maximum Gasteiger partial charge on any atom is 0.251 e. The summed E-state index contributed by atoms with van der Waals surface area (Å²) in [6, 6.07) is 15.3. The molecule has 0 saturated carbocycles. The van der Waals surface area contributed by atoms with Crippen LogP contribution in [0.1, 0.15) is 54.9 Å². The van der Waals surface area contributed by atoms with E-state index < -0.39 is 10.0 Å². The van der Waals surface area contributed by atoms with E-state index in [2.05, 4.69) is 22.3 Å². The largest absolute Gasteiger partial charge is 0.370 e. The van der Waals surface area contributed by atoms with Crippen molar-refractivity contribution in [3.8, 4) is 0 Å². The second-order valence-electron chi connectivity index (χ2n) is 8.89. The molecule has 0 aliphatic carbocycles. The number of carbonyl (C=O) groups excluding carboxylic acids is 1. The predicted octanol–water partition coefficient (Wildman–Crippen LogP) is 3.82. The van der Waals surface area contributed by atoms with Gasteiger partial charge < -0.3 is 10.2 Å². The van der Waals surface area contributed by atoms with Gasteiger partial charge in [-0.3, -0.25) is 4.79 Å². The van der Waals surface area contributed by atoms with Crippen LogP contribution in [0.15, 0.2) is 53.4 Å². The van der Waals surface area contributed by atoms with Gasteiger partial charge in [0.15, 0.2) is 0 Å². The van der Waals surface area contributed by atoms with Gasteiger partial charge in [0, 0.05) is 37.8 Å². The topological polar surface area (TPSA) is 69.7 Å². The first-order valence-corrected chi connectivity index (χ1v) is 13.1. The third-order valence-corrected chi connectivity index (χ3v) is 8.37. The molecule has 1 amide bonds. The van der Waals surface area contributed by atoms with Gasteiger partial charge in [0.2, 0.25) is 10.0 Å². The van der Waals surface area contributed by atoms with Gasteiger partial charge in [-0.25, -0.2) is 8.42 Å². The lowest BCUT2D eigenvalue weighted by molar-refractivity contribution is 0.0938. The van der Waals surface area contributed by atoms with Gasteiger partial charge in [0.05, 0.1) is 5.69 Å². The number of hydrogen-bond acceptors (Lipinski definition) is 4. The maximum absolute atomic E-state index is 13.4. The zero-order chi connectivity index (χ0) is 22.6. The molecule has 2 fully saturated rings. The number of benzene rings is 2. The molecule has 2 aliphatic heterocycles. The van der Waals surface area contributed by atoms with Gasteiger partial charge in [0.1, 0.15) is 4.90 Å². The van der Waals surface area contributed by atoms with Crippen LogP contribution in [0, 0.1) is 0 Å². The van der Waals surface area contributed by atoms with Crippen molar-refractivity contribution in [1.82, 2.24) is 9.62 Å². The third kappa shape index (κ3) is 5.15. The molecule has 0 radical (unpaired) electrons. The molecular formula is C25H33N3O3S. The quantitative estimate of drug-likeness (QED) is 0.657. The van der Waals surface area contributed by atoms with Crippen molar-refractivity contribution in [1.29, 1.82) is 0 Å². The summed E-state index contributed by atoms with van der Waals surface area (Å²) in [6.45, 7) is 4.79. The Morgan fingerprint density at radius 1 is 0.969 bits per heavy atom. The summed E-state index contributed by atoms with van der Waals surface area (Å²) in [5.41, 5.74) is 2.36. The number of carbonyl (C=O) groups is 1. The Balaban J connectivity index is 1.52. The number of sulfonamides is 1. The molecule has 1 atom stereocenters. The van der Waals surface area contributed by atoms with Crippen LogP contribution < -0.4 is 10.2 Å². The van der Waals surface area contributed by atoms with Crippen molar-refractivity contribution >= 4 is 21.6 Å². The molecular weight excluding hydrogens is 422 g/mol. The summed E-state index contributed by atoms with van der Waals surface area (Å²) in [5, 5.41) is 3.04. The Labute approximate surface area is 191 Å². The average Bonchev–Trinajstić information content (AvgIpc) is 3.53. The van der Waals surface area contributed by atoms with Crippen LogP contribution in [-0.2, 0) is 16.4 Å². The SMILES string of the molecule is CC(CCc1ccccc1)NC(=O)c1ccc(N2CCCC2)c(S(=O)(=O)N2CCCC2)c1. The molecule has 7 heteroatoms. The highest BCUT2D eigenvalue weighted by Gasteiger charge is 2.32. The molecule has 2 aromatic carbocycles. The Morgan fingerprint density at radius 2 is 1.62 bits per heavy atom. The highest BCUT2D eigenvalue weighted by atomic mass is 32.2. The number of nitrogens with one attached hydrogen (secondary N) is 1. The highest BCUT2D eigenvalue weighted by molar-refractivity contribution is 7.89. The molecule has 172 valence electrons. The van der Waals surface area contributed by atoms with E-state index in [1.54, 1.807) is 16.4 Å². The van der Waals surface area contributed by atoms with E-state index in [-0.39, 0.29) is 16.8 Å². The molecule has 2 aliphatic rings. The van der Waals surface area contributed by atoms with Gasteiger partial charge >= 0.3 is 0 Å². The van der Waals surface area contributed by atoms with Crippen LogP contribution in [0.25, 0.3) is 0 Å². The number of aryl methyl sites for hydroxylation is 1. The van der Waals surface area contributed by atoms with Crippen LogP contribution in [0.5, 0.6) is 0 Å². The van der Waals surface area contributed by atoms with Crippen molar-refractivity contribution in [3.05, 3.63) is 59.7 Å². The number of nitrogens with zero attached hydrogens (tertiary/aromatic N) is 2. The lowest BCUT2D eigenvalue weighted by Crippen LogP contribution is -2.34. The van der Waals surface area contributed by atoms with E-state index in [0.717, 1.165) is 57.3 Å². The summed E-state index contributed by atoms with van der Waals surface area (Å²) >= 11 is 0. The minimum absolute atomic E-state index is 0.0143. The smallest absolute Gasteiger partial charge is 0.251 e. The normalized spacial score (nSPS) is 18.1. The van der Waals surface area contributed by atoms with Crippen molar-refractivity contribution < 1.29 is 13.2 Å². The van der Waals surface area contributed by atoms with Crippen LogP contribution in [0.3, 0.4) is 0 Å². The van der Waals surface area contributed by atoms with Gasteiger partial charge in [-0.05, 0) is 69.2 Å². The summed E-state index contributed by atoms with van der Waals surface area (Å²) in [5.74, 6) is -0.226. The molecule has 1 unspecified atom stereocenters. The first-order chi connectivity index (χ1) is 15.4. The summed E-state index contributed by atoms with van der Waals surface area (Å²) < 4.78 is 28.4. The fourth-order valence-corrected chi connectivity index (χ4v) is 6.31. The molecule has 0 spiro atoms. The minimum atomic E-state index is -3.63. The predicted molar refractivity (Wildman–Crippen MR) is 128 cm³/mol. The Hall–Kier alpha value is -2.38. The highest BCUT2D eigenvalue weighted by Crippen LogP contribution is 2.32. The van der Waals surface area contributed by atoms with Gasteiger partial charge in [-0.1, -0.05) is 30.3 Å². The van der Waals surface area contributed by atoms with Gasteiger partial charge in [-0.2, -0.15) is 4.31 Å². The molecule has 0 bridgehead atoms. The van der Waals surface area contributed by atoms with Crippen molar-refractivity contribution in [2.24, 2.45) is 0 Å². The van der Waals surface area contributed by atoms with E-state index in [1.807, 2.05) is 31.2 Å². The average molecular weight is 456 g/mol. The second kappa shape index (κ2) is 10.0. The first-order valence-electron chi connectivity index (χ1n) is 11.7. The molecule has 32 heavy (non-hydrogen) atoms. The van der Waals surface area contributed by atoms with E-state index in [0.29, 0.717) is 18.7 Å². The fraction of sp³-hybridized carbons (Fsp3) is 0.480. The lowest BCUT2D eigenvalue weighted by atomic mass is 10.1. The van der Waals surface area contributed by atoms with Crippen LogP contribution in [0.2, 0.25) is 0 Å². The van der Waals surface area contributed by atoms with E-state index in [1.165, 1.54) is 5.56 Å². The number of amides is 1. The third-order valence-electron chi connectivity index (χ3n) is 6.44. The minimum Gasteiger partial charge on any atom is -0.370 e. The standard InChI is InChI=1S/C25H33N3O3S/c1-20(11-12-21-9-3-2-4-10-21)26-25(29)22-13-14-23(27-15-5-6-16-27)24(19-22)32(30,31)28-17-7-8-18-28/h2-4,9-10,13-14,19-20H,5-8,11-12,15-18H2,1H3,(H,26,29). The van der Waals surface area contributed by atoms with Gasteiger partial charge in [0.25, 0.3) is 5.91 Å². The Morgan fingerprint density at radius 3 is 2.31 bits per heavy atom. The number of hydrogen-bond donors (Lipinski definition) is 1. The molecule has 4 rings (SSSR count). The molecule has 0 aromatic heterocycles. The van der Waals surface area contributed by atoms with E-state index in [9.17, 15) is 13.2 Å². The van der Waals surface area contributed by atoms with Crippen molar-refractivity contribution in [2.45, 2.75) is 56.4 Å².